The third-order valence-electron chi connectivity index (χ3n) is 4.71. The lowest BCUT2D eigenvalue weighted by Crippen LogP contribution is -2.50. The molecule has 0 spiro atoms. The van der Waals surface area contributed by atoms with E-state index in [0.717, 1.165) is 44.3 Å². The highest BCUT2D eigenvalue weighted by Crippen LogP contribution is 2.26. The molecule has 1 atom stereocenters. The maximum atomic E-state index is 5.28. The number of piperazine rings is 1. The Morgan fingerprint density at radius 2 is 2.14 bits per heavy atom. The van der Waals surface area contributed by atoms with E-state index in [0.29, 0.717) is 5.41 Å². The summed E-state index contributed by atoms with van der Waals surface area (Å²) in [7, 11) is 1.70. The van der Waals surface area contributed by atoms with Crippen LogP contribution in [0.3, 0.4) is 0 Å². The highest BCUT2D eigenvalue weighted by Gasteiger charge is 2.31. The molecule has 3 heterocycles. The molecule has 1 unspecified atom stereocenters. The summed E-state index contributed by atoms with van der Waals surface area (Å²) in [6.07, 6.45) is 3.12. The molecule has 1 aromatic rings. The second-order valence-electron chi connectivity index (χ2n) is 6.55. The van der Waals surface area contributed by atoms with E-state index in [-0.39, 0.29) is 0 Å². The molecular formula is C16H26N4O. The molecule has 2 aliphatic heterocycles. The average molecular weight is 290 g/mol. The minimum Gasteiger partial charge on any atom is -0.497 e. The minimum atomic E-state index is 0.455. The van der Waals surface area contributed by atoms with Gasteiger partial charge in [0, 0.05) is 51.5 Å². The van der Waals surface area contributed by atoms with Crippen molar-refractivity contribution in [3.05, 3.63) is 18.3 Å². The first-order valence-corrected chi connectivity index (χ1v) is 7.87. The van der Waals surface area contributed by atoms with Crippen molar-refractivity contribution in [2.45, 2.75) is 13.3 Å². The van der Waals surface area contributed by atoms with Crippen LogP contribution in [0.15, 0.2) is 18.3 Å². The van der Waals surface area contributed by atoms with Crippen LogP contribution >= 0.6 is 0 Å². The largest absolute Gasteiger partial charge is 0.497 e. The number of anilines is 1. The molecule has 0 aromatic carbocycles. The highest BCUT2D eigenvalue weighted by molar-refractivity contribution is 5.44. The van der Waals surface area contributed by atoms with E-state index in [1.165, 1.54) is 19.5 Å². The standard InChI is InChI=1S/C16H26N4O/c1-16(4-6-17-12-16)13-19-7-9-20(10-8-19)15-11-14(21-2)3-5-18-15/h3,5,11,17H,4,6-10,12-13H2,1-2H3. The fourth-order valence-electron chi connectivity index (χ4n) is 3.38. The van der Waals surface area contributed by atoms with Crippen molar-refractivity contribution < 1.29 is 4.74 Å². The fourth-order valence-corrected chi connectivity index (χ4v) is 3.38. The van der Waals surface area contributed by atoms with Gasteiger partial charge in [0.05, 0.1) is 7.11 Å². The molecule has 3 rings (SSSR count). The van der Waals surface area contributed by atoms with Gasteiger partial charge < -0.3 is 15.0 Å². The van der Waals surface area contributed by atoms with E-state index < -0.39 is 0 Å². The summed E-state index contributed by atoms with van der Waals surface area (Å²) in [5.41, 5.74) is 0.455. The smallest absolute Gasteiger partial charge is 0.132 e. The van der Waals surface area contributed by atoms with Gasteiger partial charge in [-0.05, 0) is 24.4 Å². The molecule has 0 aliphatic carbocycles. The quantitative estimate of drug-likeness (QED) is 0.903. The van der Waals surface area contributed by atoms with Crippen LogP contribution in [0.4, 0.5) is 5.82 Å². The van der Waals surface area contributed by atoms with Crippen LogP contribution in [-0.2, 0) is 0 Å². The average Bonchev–Trinajstić information content (AvgIpc) is 2.94. The van der Waals surface area contributed by atoms with E-state index in [9.17, 15) is 0 Å². The lowest BCUT2D eigenvalue weighted by Gasteiger charge is -2.39. The number of pyridine rings is 1. The monoisotopic (exact) mass is 290 g/mol. The Morgan fingerprint density at radius 3 is 2.81 bits per heavy atom. The van der Waals surface area contributed by atoms with Crippen molar-refractivity contribution in [2.75, 3.05) is 57.8 Å². The van der Waals surface area contributed by atoms with Gasteiger partial charge in [-0.3, -0.25) is 4.90 Å². The molecule has 2 fully saturated rings. The summed E-state index contributed by atoms with van der Waals surface area (Å²) < 4.78 is 5.28. The Balaban J connectivity index is 1.54. The van der Waals surface area contributed by atoms with Gasteiger partial charge in [-0.25, -0.2) is 4.98 Å². The number of hydrogen-bond acceptors (Lipinski definition) is 5. The maximum absolute atomic E-state index is 5.28. The van der Waals surface area contributed by atoms with Gasteiger partial charge in [0.1, 0.15) is 11.6 Å². The highest BCUT2D eigenvalue weighted by atomic mass is 16.5. The molecule has 5 heteroatoms. The van der Waals surface area contributed by atoms with Crippen molar-refractivity contribution in [2.24, 2.45) is 5.41 Å². The third-order valence-corrected chi connectivity index (χ3v) is 4.71. The van der Waals surface area contributed by atoms with E-state index in [4.69, 9.17) is 4.74 Å². The molecule has 0 saturated carbocycles. The number of nitrogens with one attached hydrogen (secondary N) is 1. The summed E-state index contributed by atoms with van der Waals surface area (Å²) in [5, 5.41) is 3.49. The van der Waals surface area contributed by atoms with Crippen LogP contribution in [0, 0.1) is 5.41 Å². The molecule has 2 aliphatic rings. The molecule has 1 N–H and O–H groups in total. The molecular weight excluding hydrogens is 264 g/mol. The second-order valence-corrected chi connectivity index (χ2v) is 6.55. The molecule has 0 bridgehead atoms. The van der Waals surface area contributed by atoms with Gasteiger partial charge in [-0.2, -0.15) is 0 Å². The topological polar surface area (TPSA) is 40.6 Å². The lowest BCUT2D eigenvalue weighted by atomic mass is 9.89. The van der Waals surface area contributed by atoms with E-state index in [2.05, 4.69) is 27.0 Å². The predicted octanol–water partition coefficient (Wildman–Crippen LogP) is 1.21. The van der Waals surface area contributed by atoms with E-state index in [1.807, 2.05) is 18.3 Å². The first-order chi connectivity index (χ1) is 10.2. The number of nitrogens with zero attached hydrogens (tertiary/aromatic N) is 3. The molecule has 116 valence electrons. The van der Waals surface area contributed by atoms with Crippen LogP contribution in [0.1, 0.15) is 13.3 Å². The van der Waals surface area contributed by atoms with Gasteiger partial charge in [0.15, 0.2) is 0 Å². The maximum Gasteiger partial charge on any atom is 0.132 e. The Bertz CT molecular complexity index is 465. The van der Waals surface area contributed by atoms with Crippen LogP contribution in [0.2, 0.25) is 0 Å². The van der Waals surface area contributed by atoms with E-state index >= 15 is 0 Å². The second kappa shape index (κ2) is 6.20. The zero-order valence-corrected chi connectivity index (χ0v) is 13.1. The summed E-state index contributed by atoms with van der Waals surface area (Å²) in [6, 6.07) is 3.92. The zero-order valence-electron chi connectivity index (χ0n) is 13.1. The number of rotatable bonds is 4. The van der Waals surface area contributed by atoms with Crippen LogP contribution in [0.25, 0.3) is 0 Å². The summed E-state index contributed by atoms with van der Waals surface area (Å²) in [4.78, 5) is 9.43. The van der Waals surface area contributed by atoms with Gasteiger partial charge in [-0.1, -0.05) is 6.92 Å². The zero-order chi connectivity index (χ0) is 14.7. The molecule has 0 radical (unpaired) electrons. The first-order valence-electron chi connectivity index (χ1n) is 7.87. The van der Waals surface area contributed by atoms with E-state index in [1.54, 1.807) is 7.11 Å². The van der Waals surface area contributed by atoms with Crippen molar-refractivity contribution in [3.8, 4) is 5.75 Å². The predicted molar refractivity (Wildman–Crippen MR) is 85.0 cm³/mol. The van der Waals surface area contributed by atoms with Crippen LogP contribution < -0.4 is 15.0 Å². The Labute approximate surface area is 127 Å². The molecule has 5 nitrogen and oxygen atoms in total. The van der Waals surface area contributed by atoms with Crippen molar-refractivity contribution in [3.63, 3.8) is 0 Å². The van der Waals surface area contributed by atoms with Gasteiger partial charge in [-0.15, -0.1) is 0 Å². The Kier molecular flexibility index (Phi) is 4.31. The van der Waals surface area contributed by atoms with Gasteiger partial charge in [0.25, 0.3) is 0 Å². The number of aromatic nitrogens is 1. The van der Waals surface area contributed by atoms with Crippen LogP contribution in [0.5, 0.6) is 5.75 Å². The summed E-state index contributed by atoms with van der Waals surface area (Å²) in [5.74, 6) is 1.91. The van der Waals surface area contributed by atoms with Crippen molar-refractivity contribution in [1.29, 1.82) is 0 Å². The Morgan fingerprint density at radius 1 is 1.33 bits per heavy atom. The molecule has 2 saturated heterocycles. The van der Waals surface area contributed by atoms with Crippen molar-refractivity contribution in [1.82, 2.24) is 15.2 Å². The normalized spacial score (nSPS) is 27.0. The third kappa shape index (κ3) is 3.47. The van der Waals surface area contributed by atoms with Gasteiger partial charge in [0.2, 0.25) is 0 Å². The molecule has 21 heavy (non-hydrogen) atoms. The summed E-state index contributed by atoms with van der Waals surface area (Å²) in [6.45, 7) is 10.3. The van der Waals surface area contributed by atoms with Crippen LogP contribution in [-0.4, -0.2) is 62.8 Å². The fraction of sp³-hybridized carbons (Fsp3) is 0.688. The molecule has 0 amide bonds. The first kappa shape index (κ1) is 14.6. The van der Waals surface area contributed by atoms with Gasteiger partial charge >= 0.3 is 0 Å². The number of hydrogen-bond donors (Lipinski definition) is 1. The molecule has 1 aromatic heterocycles. The summed E-state index contributed by atoms with van der Waals surface area (Å²) >= 11 is 0. The van der Waals surface area contributed by atoms with Crippen molar-refractivity contribution >= 4 is 5.82 Å². The minimum absolute atomic E-state index is 0.455. The lowest BCUT2D eigenvalue weighted by molar-refractivity contribution is 0.169. The SMILES string of the molecule is COc1ccnc(N2CCN(CC3(C)CCNC3)CC2)c1. The number of methoxy groups -OCH3 is 1. The Hall–Kier alpha value is -1.33. The number of ether oxygens (including phenoxy) is 1.